The van der Waals surface area contributed by atoms with Gasteiger partial charge in [-0.25, -0.2) is 4.98 Å². The standard InChI is InChI=1S/C12H21N5O/c1-16(9-10-17-7-5-13-6-8-17)12-14-4-3-11(15-12)18-2/h3-4,13H,5-10H2,1-2H3. The second kappa shape index (κ2) is 6.51. The van der Waals surface area contributed by atoms with Crippen molar-refractivity contribution in [3.8, 4) is 5.88 Å². The Morgan fingerprint density at radius 3 is 2.94 bits per heavy atom. The van der Waals surface area contributed by atoms with Gasteiger partial charge in [-0.3, -0.25) is 4.90 Å². The van der Waals surface area contributed by atoms with E-state index in [1.54, 1.807) is 19.4 Å². The number of nitrogens with one attached hydrogen (secondary N) is 1. The van der Waals surface area contributed by atoms with Gasteiger partial charge in [0.1, 0.15) is 0 Å². The highest BCUT2D eigenvalue weighted by Gasteiger charge is 2.11. The average molecular weight is 251 g/mol. The van der Waals surface area contributed by atoms with E-state index in [4.69, 9.17) is 4.74 Å². The third-order valence-corrected chi connectivity index (χ3v) is 3.13. The van der Waals surface area contributed by atoms with Crippen molar-refractivity contribution < 1.29 is 4.74 Å². The molecule has 6 nitrogen and oxygen atoms in total. The van der Waals surface area contributed by atoms with Crippen molar-refractivity contribution in [2.75, 3.05) is 58.3 Å². The van der Waals surface area contributed by atoms with Gasteiger partial charge in [0, 0.05) is 58.6 Å². The molecule has 0 aromatic carbocycles. The average Bonchev–Trinajstić information content (AvgIpc) is 2.46. The maximum absolute atomic E-state index is 5.10. The van der Waals surface area contributed by atoms with Crippen LogP contribution >= 0.6 is 0 Å². The number of ether oxygens (including phenoxy) is 1. The molecule has 0 unspecified atom stereocenters. The van der Waals surface area contributed by atoms with Crippen molar-refractivity contribution in [2.24, 2.45) is 0 Å². The Kier molecular flexibility index (Phi) is 4.72. The first-order chi connectivity index (χ1) is 8.79. The number of nitrogens with zero attached hydrogens (tertiary/aromatic N) is 4. The van der Waals surface area contributed by atoms with Crippen LogP contribution in [0, 0.1) is 0 Å². The molecule has 1 aliphatic rings. The topological polar surface area (TPSA) is 53.5 Å². The van der Waals surface area contributed by atoms with Crippen LogP contribution in [0.3, 0.4) is 0 Å². The van der Waals surface area contributed by atoms with Gasteiger partial charge in [-0.2, -0.15) is 4.98 Å². The van der Waals surface area contributed by atoms with Gasteiger partial charge in [-0.15, -0.1) is 0 Å². The van der Waals surface area contributed by atoms with Gasteiger partial charge in [-0.05, 0) is 0 Å². The number of piperazine rings is 1. The lowest BCUT2D eigenvalue weighted by Gasteiger charge is -2.29. The van der Waals surface area contributed by atoms with Crippen molar-refractivity contribution in [3.63, 3.8) is 0 Å². The molecule has 100 valence electrons. The molecule has 0 bridgehead atoms. The lowest BCUT2D eigenvalue weighted by Crippen LogP contribution is -2.46. The summed E-state index contributed by atoms with van der Waals surface area (Å²) in [5.41, 5.74) is 0. The van der Waals surface area contributed by atoms with Gasteiger partial charge in [0.25, 0.3) is 0 Å². The molecular formula is C12H21N5O. The third-order valence-electron chi connectivity index (χ3n) is 3.13. The van der Waals surface area contributed by atoms with Gasteiger partial charge in [0.15, 0.2) is 0 Å². The first kappa shape index (κ1) is 13.0. The molecular weight excluding hydrogens is 230 g/mol. The summed E-state index contributed by atoms with van der Waals surface area (Å²) in [5, 5.41) is 3.35. The van der Waals surface area contributed by atoms with Crippen LogP contribution in [0.4, 0.5) is 5.95 Å². The number of hydrogen-bond acceptors (Lipinski definition) is 6. The molecule has 0 spiro atoms. The first-order valence-electron chi connectivity index (χ1n) is 6.31. The molecule has 2 rings (SSSR count). The van der Waals surface area contributed by atoms with Gasteiger partial charge < -0.3 is 15.0 Å². The summed E-state index contributed by atoms with van der Waals surface area (Å²) in [4.78, 5) is 13.1. The van der Waals surface area contributed by atoms with Crippen LogP contribution in [0.25, 0.3) is 0 Å². The molecule has 2 heterocycles. The zero-order chi connectivity index (χ0) is 12.8. The van der Waals surface area contributed by atoms with Gasteiger partial charge >= 0.3 is 0 Å². The number of aromatic nitrogens is 2. The van der Waals surface area contributed by atoms with Crippen molar-refractivity contribution in [2.45, 2.75) is 0 Å². The maximum atomic E-state index is 5.10. The van der Waals surface area contributed by atoms with E-state index in [-0.39, 0.29) is 0 Å². The Morgan fingerprint density at radius 1 is 1.44 bits per heavy atom. The van der Waals surface area contributed by atoms with Crippen molar-refractivity contribution in [1.29, 1.82) is 0 Å². The fourth-order valence-electron chi connectivity index (χ4n) is 1.96. The Bertz CT molecular complexity index is 367. The smallest absolute Gasteiger partial charge is 0.228 e. The fraction of sp³-hybridized carbons (Fsp3) is 0.667. The lowest BCUT2D eigenvalue weighted by atomic mass is 10.3. The highest BCUT2D eigenvalue weighted by Crippen LogP contribution is 2.10. The molecule has 6 heteroatoms. The number of anilines is 1. The molecule has 0 atom stereocenters. The molecule has 1 aliphatic heterocycles. The lowest BCUT2D eigenvalue weighted by molar-refractivity contribution is 0.246. The zero-order valence-corrected chi connectivity index (χ0v) is 11.1. The van der Waals surface area contributed by atoms with E-state index >= 15 is 0 Å². The highest BCUT2D eigenvalue weighted by atomic mass is 16.5. The van der Waals surface area contributed by atoms with E-state index in [1.807, 2.05) is 7.05 Å². The Morgan fingerprint density at radius 2 is 2.22 bits per heavy atom. The number of methoxy groups -OCH3 is 1. The molecule has 0 saturated carbocycles. The third kappa shape index (κ3) is 3.54. The van der Waals surface area contributed by atoms with Crippen molar-refractivity contribution in [3.05, 3.63) is 12.3 Å². The predicted octanol–water partition coefficient (Wildman–Crippen LogP) is -0.173. The summed E-state index contributed by atoms with van der Waals surface area (Å²) in [6.45, 7) is 6.37. The Hall–Kier alpha value is -1.40. The molecule has 0 amide bonds. The number of likely N-dealkylation sites (N-methyl/N-ethyl adjacent to an activating group) is 1. The van der Waals surface area contributed by atoms with Crippen molar-refractivity contribution in [1.82, 2.24) is 20.2 Å². The van der Waals surface area contributed by atoms with E-state index in [0.717, 1.165) is 39.3 Å². The van der Waals surface area contributed by atoms with E-state index < -0.39 is 0 Å². The maximum Gasteiger partial charge on any atom is 0.228 e. The van der Waals surface area contributed by atoms with E-state index in [2.05, 4.69) is 25.1 Å². The number of rotatable bonds is 5. The minimum absolute atomic E-state index is 0.606. The minimum Gasteiger partial charge on any atom is -0.481 e. The molecule has 18 heavy (non-hydrogen) atoms. The normalized spacial score (nSPS) is 16.6. The van der Waals surface area contributed by atoms with Crippen LogP contribution in [-0.4, -0.2) is 68.3 Å². The van der Waals surface area contributed by atoms with E-state index in [0.29, 0.717) is 11.8 Å². The Labute approximate surface area is 108 Å². The molecule has 1 aromatic heterocycles. The molecule has 0 radical (unpaired) electrons. The molecule has 1 saturated heterocycles. The highest BCUT2D eigenvalue weighted by molar-refractivity contribution is 5.30. The van der Waals surface area contributed by atoms with E-state index in [1.165, 1.54) is 0 Å². The molecule has 1 N–H and O–H groups in total. The minimum atomic E-state index is 0.606. The van der Waals surface area contributed by atoms with Crippen LogP contribution in [0.15, 0.2) is 12.3 Å². The van der Waals surface area contributed by atoms with Gasteiger partial charge in [-0.1, -0.05) is 0 Å². The SMILES string of the molecule is COc1ccnc(N(C)CCN2CCNCC2)n1. The quantitative estimate of drug-likeness (QED) is 0.784. The summed E-state index contributed by atoms with van der Waals surface area (Å²) in [5.74, 6) is 1.32. The monoisotopic (exact) mass is 251 g/mol. The summed E-state index contributed by atoms with van der Waals surface area (Å²) in [6, 6.07) is 1.76. The van der Waals surface area contributed by atoms with Crippen LogP contribution in [0.1, 0.15) is 0 Å². The summed E-state index contributed by atoms with van der Waals surface area (Å²) >= 11 is 0. The Balaban J connectivity index is 1.84. The summed E-state index contributed by atoms with van der Waals surface area (Å²) < 4.78 is 5.10. The predicted molar refractivity (Wildman–Crippen MR) is 71.2 cm³/mol. The van der Waals surface area contributed by atoms with Crippen LogP contribution in [0.2, 0.25) is 0 Å². The first-order valence-corrected chi connectivity index (χ1v) is 6.31. The second-order valence-corrected chi connectivity index (χ2v) is 4.41. The zero-order valence-electron chi connectivity index (χ0n) is 11.1. The largest absolute Gasteiger partial charge is 0.481 e. The summed E-state index contributed by atoms with van der Waals surface area (Å²) in [6.07, 6.45) is 1.72. The van der Waals surface area contributed by atoms with Crippen molar-refractivity contribution >= 4 is 5.95 Å². The van der Waals surface area contributed by atoms with Crippen LogP contribution < -0.4 is 15.0 Å². The molecule has 1 aromatic rings. The molecule has 1 fully saturated rings. The van der Waals surface area contributed by atoms with Gasteiger partial charge in [0.2, 0.25) is 11.8 Å². The van der Waals surface area contributed by atoms with Crippen LogP contribution in [-0.2, 0) is 0 Å². The fourth-order valence-corrected chi connectivity index (χ4v) is 1.96. The summed E-state index contributed by atoms with van der Waals surface area (Å²) in [7, 11) is 3.63. The molecule has 0 aliphatic carbocycles. The second-order valence-electron chi connectivity index (χ2n) is 4.41. The number of hydrogen-bond donors (Lipinski definition) is 1. The van der Waals surface area contributed by atoms with E-state index in [9.17, 15) is 0 Å². The van der Waals surface area contributed by atoms with Crippen LogP contribution in [0.5, 0.6) is 5.88 Å². The van der Waals surface area contributed by atoms with Gasteiger partial charge in [0.05, 0.1) is 7.11 Å².